The zero-order valence-corrected chi connectivity index (χ0v) is 35.2. The molecule has 13 aromatic rings. The summed E-state index contributed by atoms with van der Waals surface area (Å²) in [5, 5.41) is 12.2. The summed E-state index contributed by atoms with van der Waals surface area (Å²) in [6, 6.07) is 55.8. The van der Waals surface area contributed by atoms with E-state index < -0.39 is 0 Å². The van der Waals surface area contributed by atoms with Crippen LogP contribution in [0.15, 0.2) is 152 Å². The fourth-order valence-electron chi connectivity index (χ4n) is 10.4. The number of hydrogen-bond donors (Lipinski definition) is 0. The van der Waals surface area contributed by atoms with Crippen LogP contribution in [0.5, 0.6) is 0 Å². The van der Waals surface area contributed by atoms with Gasteiger partial charge in [-0.05, 0) is 104 Å². The Bertz CT molecular complexity index is 3900. The molecular formula is C56H43N5. The number of hydrogen-bond acceptors (Lipinski definition) is 3. The minimum Gasteiger partial charge on any atom is -0.308 e. The summed E-state index contributed by atoms with van der Waals surface area (Å²) in [6.45, 7) is 13.9. The second-order valence-corrected chi connectivity index (χ2v) is 19.1. The second kappa shape index (κ2) is 11.7. The Balaban J connectivity index is 1.27. The zero-order valence-electron chi connectivity index (χ0n) is 35.2. The van der Waals surface area contributed by atoms with Crippen molar-refractivity contribution in [2.45, 2.75) is 52.4 Å². The van der Waals surface area contributed by atoms with Crippen molar-refractivity contribution in [3.05, 3.63) is 163 Å². The van der Waals surface area contributed by atoms with E-state index in [1.54, 1.807) is 0 Å². The highest BCUT2D eigenvalue weighted by Crippen LogP contribution is 2.50. The van der Waals surface area contributed by atoms with Crippen LogP contribution in [-0.4, -0.2) is 18.8 Å². The van der Waals surface area contributed by atoms with Crippen LogP contribution in [0.4, 0.5) is 17.1 Å². The van der Waals surface area contributed by atoms with E-state index >= 15 is 0 Å². The average Bonchev–Trinajstić information content (AvgIpc) is 3.99. The number of benzene rings is 8. The molecule has 0 fully saturated rings. The topological polar surface area (TPSA) is 37.8 Å². The Morgan fingerprint density at radius 1 is 0.410 bits per heavy atom. The normalized spacial score (nSPS) is 13.1. The third kappa shape index (κ3) is 4.61. The van der Waals surface area contributed by atoms with Gasteiger partial charge >= 0.3 is 0 Å². The fraction of sp³-hybridized carbons (Fsp3) is 0.143. The summed E-state index contributed by atoms with van der Waals surface area (Å²) >= 11 is 0. The number of fused-ring (bicyclic) bond motifs is 16. The summed E-state index contributed by atoms with van der Waals surface area (Å²) in [4.78, 5) is 14.1. The van der Waals surface area contributed by atoms with Gasteiger partial charge in [0.05, 0.1) is 27.8 Å². The average molecular weight is 786 g/mol. The molecule has 0 bridgehead atoms. The lowest BCUT2D eigenvalue weighted by Gasteiger charge is -2.29. The van der Waals surface area contributed by atoms with Crippen molar-refractivity contribution in [2.24, 2.45) is 0 Å². The lowest BCUT2D eigenvalue weighted by molar-refractivity contribution is 0.591. The maximum Gasteiger partial charge on any atom is 0.165 e. The largest absolute Gasteiger partial charge is 0.308 e. The molecule has 0 amide bonds. The molecule has 0 radical (unpaired) electrons. The molecule has 0 aliphatic carbocycles. The molecule has 5 heterocycles. The van der Waals surface area contributed by atoms with Gasteiger partial charge < -0.3 is 4.90 Å². The molecule has 8 aromatic carbocycles. The van der Waals surface area contributed by atoms with Crippen molar-refractivity contribution in [2.75, 3.05) is 4.90 Å². The molecule has 0 aliphatic heterocycles. The fourth-order valence-corrected chi connectivity index (χ4v) is 10.4. The molecule has 0 aliphatic rings. The van der Waals surface area contributed by atoms with Crippen molar-refractivity contribution in [1.29, 1.82) is 0 Å². The van der Waals surface area contributed by atoms with Gasteiger partial charge in [-0.3, -0.25) is 8.80 Å². The Labute approximate surface area is 352 Å². The van der Waals surface area contributed by atoms with Crippen LogP contribution < -0.4 is 4.90 Å². The maximum absolute atomic E-state index is 5.85. The van der Waals surface area contributed by atoms with Crippen LogP contribution in [0.25, 0.3) is 98.3 Å². The van der Waals surface area contributed by atoms with Crippen molar-refractivity contribution in [1.82, 2.24) is 18.8 Å². The van der Waals surface area contributed by atoms with Crippen LogP contribution in [0, 0.1) is 0 Å². The monoisotopic (exact) mass is 785 g/mol. The van der Waals surface area contributed by atoms with E-state index in [0.29, 0.717) is 0 Å². The van der Waals surface area contributed by atoms with E-state index in [-0.39, 0.29) is 10.8 Å². The number of para-hydroxylation sites is 2. The smallest absolute Gasteiger partial charge is 0.165 e. The van der Waals surface area contributed by atoms with E-state index in [1.165, 1.54) is 65.3 Å². The van der Waals surface area contributed by atoms with Gasteiger partial charge in [0, 0.05) is 43.7 Å². The first-order chi connectivity index (χ1) is 29.5. The van der Waals surface area contributed by atoms with Crippen molar-refractivity contribution in [3.63, 3.8) is 0 Å². The quantitative estimate of drug-likeness (QED) is 0.179. The third-order valence-electron chi connectivity index (χ3n) is 13.4. The van der Waals surface area contributed by atoms with Gasteiger partial charge in [-0.15, -0.1) is 0 Å². The summed E-state index contributed by atoms with van der Waals surface area (Å²) in [7, 11) is 0. The van der Waals surface area contributed by atoms with E-state index in [4.69, 9.17) is 9.97 Å². The van der Waals surface area contributed by atoms with E-state index in [1.807, 2.05) is 0 Å². The minimum absolute atomic E-state index is 0.100. The molecule has 61 heavy (non-hydrogen) atoms. The van der Waals surface area contributed by atoms with Crippen molar-refractivity contribution < 1.29 is 0 Å². The highest BCUT2D eigenvalue weighted by atomic mass is 15.2. The number of anilines is 3. The number of nitrogens with zero attached hydrogens (tertiary/aromatic N) is 5. The highest BCUT2D eigenvalue weighted by Gasteiger charge is 2.31. The molecule has 0 saturated heterocycles. The number of rotatable bonds is 3. The Morgan fingerprint density at radius 3 is 1.56 bits per heavy atom. The van der Waals surface area contributed by atoms with Crippen molar-refractivity contribution >= 4 is 115 Å². The van der Waals surface area contributed by atoms with Gasteiger partial charge in [0.2, 0.25) is 0 Å². The molecule has 13 rings (SSSR count). The van der Waals surface area contributed by atoms with E-state index in [2.05, 4.69) is 207 Å². The molecule has 0 saturated carbocycles. The lowest BCUT2D eigenvalue weighted by Crippen LogP contribution is -2.15. The van der Waals surface area contributed by atoms with Crippen LogP contribution in [-0.2, 0) is 10.8 Å². The zero-order chi connectivity index (χ0) is 41.1. The van der Waals surface area contributed by atoms with Gasteiger partial charge in [0.1, 0.15) is 11.0 Å². The molecular weight excluding hydrogens is 743 g/mol. The Morgan fingerprint density at radius 2 is 0.918 bits per heavy atom. The third-order valence-corrected chi connectivity index (χ3v) is 13.4. The maximum atomic E-state index is 5.85. The van der Waals surface area contributed by atoms with Gasteiger partial charge in [-0.25, -0.2) is 9.97 Å². The standard InChI is InChI=1S/C56H43N5/c1-55(2,3)34-28-40-41-29-35(56(4,5)6)31-45(59(36-19-9-7-10-20-36)37-21-11-8-12-22-37)51(41)61-50(40)43(30-34)49-54(61)58-48-42-27-33-18-14-16-24-39(33)47-46-38-23-15-13-17-32(38)25-26-44(46)60(52(42)47)53(48)57-49/h7-31H,1-6H3. The minimum atomic E-state index is -0.105. The molecule has 292 valence electrons. The van der Waals surface area contributed by atoms with Crippen LogP contribution in [0.3, 0.4) is 0 Å². The number of aromatic nitrogens is 4. The first kappa shape index (κ1) is 34.6. The molecule has 5 nitrogen and oxygen atoms in total. The Kier molecular flexibility index (Phi) is 6.66. The van der Waals surface area contributed by atoms with Gasteiger partial charge in [0.25, 0.3) is 0 Å². The van der Waals surface area contributed by atoms with Gasteiger partial charge in [0.15, 0.2) is 11.3 Å². The van der Waals surface area contributed by atoms with Gasteiger partial charge in [-0.1, -0.05) is 133 Å². The molecule has 0 spiro atoms. The molecule has 0 N–H and O–H groups in total. The predicted molar refractivity (Wildman–Crippen MR) is 258 cm³/mol. The van der Waals surface area contributed by atoms with E-state index in [0.717, 1.165) is 61.2 Å². The first-order valence-corrected chi connectivity index (χ1v) is 21.4. The van der Waals surface area contributed by atoms with Crippen LogP contribution in [0.1, 0.15) is 52.7 Å². The highest BCUT2D eigenvalue weighted by molar-refractivity contribution is 6.35. The molecule has 0 unspecified atom stereocenters. The Hall–Kier alpha value is -7.24. The summed E-state index contributed by atoms with van der Waals surface area (Å²) in [5.41, 5.74) is 14.0. The SMILES string of the molecule is CC(C)(C)c1cc(N(c2ccccc2)c2ccccc2)c2c(c1)c1cc(C(C)(C)C)cc3c4nc5c(nc4n2c13)c1cc2ccccc2c2c3c4ccccc4ccc3n5c12. The summed E-state index contributed by atoms with van der Waals surface area (Å²) < 4.78 is 4.86. The van der Waals surface area contributed by atoms with Crippen molar-refractivity contribution in [3.8, 4) is 0 Å². The molecule has 5 aromatic heterocycles. The molecule has 0 atom stereocenters. The summed E-state index contributed by atoms with van der Waals surface area (Å²) in [5.74, 6) is 0. The van der Waals surface area contributed by atoms with Crippen LogP contribution in [0.2, 0.25) is 0 Å². The second-order valence-electron chi connectivity index (χ2n) is 19.1. The lowest BCUT2D eigenvalue weighted by atomic mass is 9.84. The summed E-state index contributed by atoms with van der Waals surface area (Å²) in [6.07, 6.45) is 0. The van der Waals surface area contributed by atoms with Gasteiger partial charge in [-0.2, -0.15) is 0 Å². The van der Waals surface area contributed by atoms with E-state index in [9.17, 15) is 0 Å². The van der Waals surface area contributed by atoms with Crippen LogP contribution >= 0.6 is 0 Å². The predicted octanol–water partition coefficient (Wildman–Crippen LogP) is 15.1. The molecule has 5 heteroatoms. The first-order valence-electron chi connectivity index (χ1n) is 21.4.